The molecule has 0 fully saturated rings. The number of nitrogens with zero attached hydrogens (tertiary/aromatic N) is 5. The van der Waals surface area contributed by atoms with Gasteiger partial charge in [-0.05, 0) is 50.2 Å². The zero-order valence-electron chi connectivity index (χ0n) is 19.4. The van der Waals surface area contributed by atoms with Gasteiger partial charge in [0.25, 0.3) is 0 Å². The smallest absolute Gasteiger partial charge is 0.360 e. The van der Waals surface area contributed by atoms with Gasteiger partial charge in [-0.15, -0.1) is 9.90 Å². The van der Waals surface area contributed by atoms with E-state index in [-0.39, 0.29) is 40.4 Å². The first-order chi connectivity index (χ1) is 17.7. The first-order valence-corrected chi connectivity index (χ1v) is 11.1. The molecule has 2 N–H and O–H groups in total. The van der Waals surface area contributed by atoms with Crippen LogP contribution < -0.4 is 5.43 Å². The molecule has 2 aromatic carbocycles. The van der Waals surface area contributed by atoms with E-state index in [0.717, 1.165) is 23.1 Å². The fourth-order valence-electron chi connectivity index (χ4n) is 2.41. The average Bonchev–Trinajstić information content (AvgIpc) is 3.33. The summed E-state index contributed by atoms with van der Waals surface area (Å²) >= 11 is 11.6. The monoisotopic (exact) mass is 556 g/mol. The number of aromatic nitrogens is 3. The van der Waals surface area contributed by atoms with Gasteiger partial charge < -0.3 is 14.7 Å². The molecule has 11 nitrogen and oxygen atoms in total. The summed E-state index contributed by atoms with van der Waals surface area (Å²) in [4.78, 5) is 23.9. The zero-order chi connectivity index (χ0) is 27.4. The second-order valence-corrected chi connectivity index (χ2v) is 7.35. The van der Waals surface area contributed by atoms with Crippen LogP contribution in [-0.2, 0) is 14.3 Å². The van der Waals surface area contributed by atoms with Crippen LogP contribution in [0.5, 0.6) is 0 Å². The number of carbonyl (C=O) groups excluding carboxylic acids is 2. The van der Waals surface area contributed by atoms with E-state index in [1.165, 1.54) is 30.5 Å². The molecule has 0 aliphatic rings. The lowest BCUT2D eigenvalue weighted by Crippen LogP contribution is -2.20. The summed E-state index contributed by atoms with van der Waals surface area (Å²) in [5.41, 5.74) is 2.93. The third kappa shape index (κ3) is 8.81. The van der Waals surface area contributed by atoms with Crippen molar-refractivity contribution in [3.05, 3.63) is 70.0 Å². The molecule has 0 unspecified atom stereocenters. The Morgan fingerprint density at radius 3 is 2.32 bits per heavy atom. The number of anilines is 1. The maximum atomic E-state index is 12.9. The van der Waals surface area contributed by atoms with Crippen molar-refractivity contribution in [2.45, 2.75) is 13.8 Å². The van der Waals surface area contributed by atoms with Crippen LogP contribution in [0.15, 0.2) is 52.9 Å². The minimum absolute atomic E-state index is 0.0669. The van der Waals surface area contributed by atoms with E-state index in [9.17, 15) is 18.4 Å². The first kappa shape index (κ1) is 29.1. The number of carbonyl (C=O) groups is 2. The highest BCUT2D eigenvalue weighted by Crippen LogP contribution is 2.22. The molecular weight excluding hydrogens is 537 g/mol. The minimum atomic E-state index is -0.772. The van der Waals surface area contributed by atoms with Gasteiger partial charge in [0.1, 0.15) is 23.5 Å². The van der Waals surface area contributed by atoms with Crippen molar-refractivity contribution in [3.8, 4) is 5.69 Å². The van der Waals surface area contributed by atoms with E-state index in [1.54, 1.807) is 13.8 Å². The van der Waals surface area contributed by atoms with Crippen molar-refractivity contribution in [1.29, 1.82) is 0 Å². The van der Waals surface area contributed by atoms with Crippen LogP contribution >= 0.6 is 23.2 Å². The molecule has 0 radical (unpaired) electrons. The molecule has 15 heteroatoms. The number of rotatable bonds is 8. The number of oxime groups is 1. The van der Waals surface area contributed by atoms with E-state index in [1.807, 2.05) is 0 Å². The van der Waals surface area contributed by atoms with Gasteiger partial charge in [0.05, 0.1) is 35.1 Å². The van der Waals surface area contributed by atoms with E-state index >= 15 is 0 Å². The van der Waals surface area contributed by atoms with Gasteiger partial charge >= 0.3 is 11.9 Å². The molecule has 0 atom stereocenters. The number of hydrazone groups is 1. The van der Waals surface area contributed by atoms with Crippen molar-refractivity contribution in [2.24, 2.45) is 10.3 Å². The summed E-state index contributed by atoms with van der Waals surface area (Å²) < 4.78 is 35.2. The molecule has 0 aliphatic heterocycles. The number of nitrogens with one attached hydrogen (secondary N) is 1. The highest BCUT2D eigenvalue weighted by molar-refractivity contribution is 6.59. The van der Waals surface area contributed by atoms with E-state index < -0.39 is 23.6 Å². The predicted octanol–water partition coefficient (Wildman–Crippen LogP) is 4.51. The fraction of sp³-hybridized carbons (Fsp3) is 0.182. The van der Waals surface area contributed by atoms with Gasteiger partial charge in [-0.25, -0.2) is 18.4 Å². The lowest BCUT2D eigenvalue weighted by Gasteiger charge is -2.05. The van der Waals surface area contributed by atoms with E-state index in [0.29, 0.717) is 5.69 Å². The number of halogens is 4. The number of ether oxygens (including phenoxy) is 2. The molecule has 0 saturated carbocycles. The Bertz CT molecular complexity index is 1300. The second-order valence-electron chi connectivity index (χ2n) is 6.53. The van der Waals surface area contributed by atoms with Crippen LogP contribution in [0.2, 0.25) is 10.0 Å². The van der Waals surface area contributed by atoms with Crippen molar-refractivity contribution in [1.82, 2.24) is 15.0 Å². The molecule has 0 bridgehead atoms. The predicted molar refractivity (Wildman–Crippen MR) is 132 cm³/mol. The highest BCUT2D eigenvalue weighted by Gasteiger charge is 2.14. The summed E-state index contributed by atoms with van der Waals surface area (Å²) in [6.07, 6.45) is 2.07. The summed E-state index contributed by atoms with van der Waals surface area (Å²) in [6.45, 7) is 3.71. The lowest BCUT2D eigenvalue weighted by molar-refractivity contribution is -0.134. The maximum Gasteiger partial charge on any atom is 0.360 e. The average molecular weight is 557 g/mol. The molecule has 0 aliphatic carbocycles. The molecule has 0 saturated heterocycles. The first-order valence-electron chi connectivity index (χ1n) is 10.4. The van der Waals surface area contributed by atoms with Gasteiger partial charge in [0.15, 0.2) is 11.4 Å². The standard InChI is InChI=1S/C11H11ClFN3O3.C11H9ClFN3O2/c1-2-19-11(17)10(6-14-18)16-15-9-4-3-7(13)5-8(9)12;1-2-18-11(17)9-6-14-16(15-9)10-4-3-7(13)5-8(10)12/h3-6,15,18H,2H2,1H3;3-6H,2H2,1H3/b14-6+,16-10+;. The molecule has 0 amide bonds. The van der Waals surface area contributed by atoms with E-state index in [2.05, 4.69) is 30.6 Å². The molecule has 196 valence electrons. The fourth-order valence-corrected chi connectivity index (χ4v) is 2.86. The minimum Gasteiger partial charge on any atom is -0.461 e. The summed E-state index contributed by atoms with van der Waals surface area (Å²) in [6, 6.07) is 7.41. The zero-order valence-corrected chi connectivity index (χ0v) is 20.9. The van der Waals surface area contributed by atoms with Crippen LogP contribution in [0.25, 0.3) is 5.69 Å². The van der Waals surface area contributed by atoms with Crippen LogP contribution in [0.3, 0.4) is 0 Å². The Labute approximate surface area is 219 Å². The molecular formula is C22H20Cl2F2N6O5. The summed E-state index contributed by atoms with van der Waals surface area (Å²) in [7, 11) is 0. The van der Waals surface area contributed by atoms with E-state index in [4.69, 9.17) is 33.1 Å². The Morgan fingerprint density at radius 2 is 1.73 bits per heavy atom. The van der Waals surface area contributed by atoms with Crippen molar-refractivity contribution >= 4 is 52.8 Å². The van der Waals surface area contributed by atoms with Crippen LogP contribution in [0.1, 0.15) is 24.3 Å². The number of esters is 2. The molecule has 1 aromatic heterocycles. The maximum absolute atomic E-state index is 12.9. The SMILES string of the molecule is CCOC(=O)C(/C=N/O)=N/Nc1ccc(F)cc1Cl.CCOC(=O)c1cnn(-c2ccc(F)cc2Cl)n1. The van der Waals surface area contributed by atoms with Gasteiger partial charge in [0, 0.05) is 0 Å². The number of hydrogen-bond acceptors (Lipinski definition) is 10. The van der Waals surface area contributed by atoms with Crippen molar-refractivity contribution in [3.63, 3.8) is 0 Å². The Kier molecular flexibility index (Phi) is 11.4. The molecule has 37 heavy (non-hydrogen) atoms. The quantitative estimate of drug-likeness (QED) is 0.179. The second kappa shape index (κ2) is 14.5. The summed E-state index contributed by atoms with van der Waals surface area (Å²) in [5, 5.41) is 22.8. The summed E-state index contributed by atoms with van der Waals surface area (Å²) in [5.74, 6) is -2.29. The molecule has 0 spiro atoms. The van der Waals surface area contributed by atoms with Crippen LogP contribution in [0.4, 0.5) is 14.5 Å². The normalized spacial score (nSPS) is 11.0. The Hall–Kier alpha value is -4.10. The molecule has 3 aromatic rings. The van der Waals surface area contributed by atoms with Crippen molar-refractivity contribution < 1.29 is 33.1 Å². The van der Waals surface area contributed by atoms with Gasteiger partial charge in [0.2, 0.25) is 0 Å². The number of hydrogen-bond donors (Lipinski definition) is 2. The van der Waals surface area contributed by atoms with Crippen LogP contribution in [-0.4, -0.2) is 57.3 Å². The van der Waals surface area contributed by atoms with Crippen molar-refractivity contribution in [2.75, 3.05) is 18.6 Å². The Balaban J connectivity index is 0.000000260. The van der Waals surface area contributed by atoms with Gasteiger partial charge in [-0.3, -0.25) is 5.43 Å². The third-order valence-electron chi connectivity index (χ3n) is 3.99. The molecule has 1 heterocycles. The number of benzene rings is 2. The largest absolute Gasteiger partial charge is 0.461 e. The topological polar surface area (TPSA) is 140 Å². The molecule has 3 rings (SSSR count). The van der Waals surface area contributed by atoms with Gasteiger partial charge in [-0.2, -0.15) is 10.2 Å². The van der Waals surface area contributed by atoms with Gasteiger partial charge in [-0.1, -0.05) is 28.4 Å². The van der Waals surface area contributed by atoms with Crippen LogP contribution in [0, 0.1) is 11.6 Å². The lowest BCUT2D eigenvalue weighted by atomic mass is 10.3. The highest BCUT2D eigenvalue weighted by atomic mass is 35.5. The third-order valence-corrected chi connectivity index (χ3v) is 4.61. The Morgan fingerprint density at radius 1 is 1.08 bits per heavy atom.